The molecule has 0 spiro atoms. The molecule has 3 rings (SSSR count). The lowest BCUT2D eigenvalue weighted by molar-refractivity contribution is 0.0793. The van der Waals surface area contributed by atoms with Gasteiger partial charge in [0.1, 0.15) is 18.2 Å². The van der Waals surface area contributed by atoms with Gasteiger partial charge in [-0.05, 0) is 49.2 Å². The molecular formula is C18H17BrFNO2. The monoisotopic (exact) mass is 377 g/mol. The number of benzene rings is 2. The van der Waals surface area contributed by atoms with E-state index in [0.717, 1.165) is 31.5 Å². The van der Waals surface area contributed by atoms with Gasteiger partial charge in [-0.15, -0.1) is 0 Å². The molecule has 3 nitrogen and oxygen atoms in total. The second kappa shape index (κ2) is 7.13. The molecule has 1 heterocycles. The van der Waals surface area contributed by atoms with E-state index < -0.39 is 0 Å². The summed E-state index contributed by atoms with van der Waals surface area (Å²) in [6.45, 7) is 2.02. The summed E-state index contributed by atoms with van der Waals surface area (Å²) < 4.78 is 19.4. The Kier molecular flexibility index (Phi) is 4.96. The number of amides is 1. The zero-order valence-corrected chi connectivity index (χ0v) is 14.2. The normalized spacial score (nSPS) is 14.1. The van der Waals surface area contributed by atoms with E-state index in [-0.39, 0.29) is 11.7 Å². The number of ether oxygens (including phenoxy) is 1. The van der Waals surface area contributed by atoms with Crippen molar-refractivity contribution in [3.8, 4) is 5.75 Å². The lowest BCUT2D eigenvalue weighted by Gasteiger charge is -2.15. The zero-order chi connectivity index (χ0) is 16.2. The van der Waals surface area contributed by atoms with Crippen LogP contribution in [0.25, 0.3) is 0 Å². The van der Waals surface area contributed by atoms with Gasteiger partial charge in [-0.25, -0.2) is 4.39 Å². The van der Waals surface area contributed by atoms with Crippen molar-refractivity contribution in [2.45, 2.75) is 19.4 Å². The first-order chi connectivity index (χ1) is 11.1. The highest BCUT2D eigenvalue weighted by Gasteiger charge is 2.19. The molecular weight excluding hydrogens is 361 g/mol. The molecule has 1 saturated heterocycles. The van der Waals surface area contributed by atoms with Crippen LogP contribution in [0.5, 0.6) is 5.75 Å². The topological polar surface area (TPSA) is 29.5 Å². The Balaban J connectivity index is 1.62. The standard InChI is InChI=1S/C18H17BrFNO2/c19-17-11-15(20)6-3-14(17)12-23-16-7-4-13(5-8-16)18(22)21-9-1-2-10-21/h3-8,11H,1-2,9-10,12H2. The second-order valence-electron chi connectivity index (χ2n) is 5.55. The molecule has 120 valence electrons. The van der Waals surface area contributed by atoms with Gasteiger partial charge in [-0.3, -0.25) is 4.79 Å². The average molecular weight is 378 g/mol. The summed E-state index contributed by atoms with van der Waals surface area (Å²) in [4.78, 5) is 14.1. The van der Waals surface area contributed by atoms with Crippen LogP contribution >= 0.6 is 15.9 Å². The number of rotatable bonds is 4. The Labute approximate surface area is 143 Å². The first kappa shape index (κ1) is 16.0. The molecule has 1 aliphatic rings. The van der Waals surface area contributed by atoms with Crippen molar-refractivity contribution in [1.82, 2.24) is 4.90 Å². The van der Waals surface area contributed by atoms with Gasteiger partial charge in [-0.1, -0.05) is 22.0 Å². The Morgan fingerprint density at radius 1 is 1.13 bits per heavy atom. The molecule has 2 aromatic rings. The van der Waals surface area contributed by atoms with Gasteiger partial charge in [0.2, 0.25) is 0 Å². The van der Waals surface area contributed by atoms with E-state index in [1.54, 1.807) is 30.3 Å². The van der Waals surface area contributed by atoms with Crippen molar-refractivity contribution in [3.63, 3.8) is 0 Å². The Hall–Kier alpha value is -1.88. The van der Waals surface area contributed by atoms with Gasteiger partial charge < -0.3 is 9.64 Å². The number of hydrogen-bond donors (Lipinski definition) is 0. The van der Waals surface area contributed by atoms with E-state index in [0.29, 0.717) is 22.4 Å². The summed E-state index contributed by atoms with van der Waals surface area (Å²) in [5, 5.41) is 0. The summed E-state index contributed by atoms with van der Waals surface area (Å²) >= 11 is 3.32. The van der Waals surface area contributed by atoms with Gasteiger partial charge in [-0.2, -0.15) is 0 Å². The smallest absolute Gasteiger partial charge is 0.253 e. The highest BCUT2D eigenvalue weighted by atomic mass is 79.9. The van der Waals surface area contributed by atoms with Crippen molar-refractivity contribution < 1.29 is 13.9 Å². The molecule has 0 radical (unpaired) electrons. The molecule has 0 atom stereocenters. The summed E-state index contributed by atoms with van der Waals surface area (Å²) in [6, 6.07) is 11.7. The Morgan fingerprint density at radius 2 is 1.83 bits per heavy atom. The third-order valence-corrected chi connectivity index (χ3v) is 4.64. The second-order valence-corrected chi connectivity index (χ2v) is 6.40. The van der Waals surface area contributed by atoms with E-state index in [4.69, 9.17) is 4.74 Å². The van der Waals surface area contributed by atoms with Crippen LogP contribution in [-0.2, 0) is 6.61 Å². The SMILES string of the molecule is O=C(c1ccc(OCc2ccc(F)cc2Br)cc1)N1CCCC1. The fourth-order valence-electron chi connectivity index (χ4n) is 2.60. The third kappa shape index (κ3) is 3.91. The number of hydrogen-bond acceptors (Lipinski definition) is 2. The third-order valence-electron chi connectivity index (χ3n) is 3.90. The molecule has 0 aliphatic carbocycles. The fourth-order valence-corrected chi connectivity index (χ4v) is 3.06. The van der Waals surface area contributed by atoms with Gasteiger partial charge in [0, 0.05) is 28.7 Å². The van der Waals surface area contributed by atoms with Crippen LogP contribution in [0, 0.1) is 5.82 Å². The minimum absolute atomic E-state index is 0.0790. The van der Waals surface area contributed by atoms with Crippen molar-refractivity contribution in [3.05, 3.63) is 63.9 Å². The number of nitrogens with zero attached hydrogens (tertiary/aromatic N) is 1. The summed E-state index contributed by atoms with van der Waals surface area (Å²) in [5.41, 5.74) is 1.55. The number of carbonyl (C=O) groups is 1. The molecule has 5 heteroatoms. The number of carbonyl (C=O) groups excluding carboxylic acids is 1. The van der Waals surface area contributed by atoms with Gasteiger partial charge in [0.25, 0.3) is 5.91 Å². The van der Waals surface area contributed by atoms with Crippen LogP contribution < -0.4 is 4.74 Å². The predicted octanol–water partition coefficient (Wildman–Crippen LogP) is 4.40. The lowest BCUT2D eigenvalue weighted by Crippen LogP contribution is -2.27. The molecule has 0 bridgehead atoms. The molecule has 0 N–H and O–H groups in total. The molecule has 0 aromatic heterocycles. The molecule has 0 unspecified atom stereocenters. The first-order valence-electron chi connectivity index (χ1n) is 7.59. The maximum atomic E-state index is 13.1. The summed E-state index contributed by atoms with van der Waals surface area (Å²) in [6.07, 6.45) is 2.17. The Bertz CT molecular complexity index is 697. The van der Waals surface area contributed by atoms with Crippen LogP contribution in [0.4, 0.5) is 4.39 Å². The highest BCUT2D eigenvalue weighted by molar-refractivity contribution is 9.10. The minimum atomic E-state index is -0.287. The number of likely N-dealkylation sites (tertiary alicyclic amines) is 1. The van der Waals surface area contributed by atoms with Crippen LogP contribution in [0.1, 0.15) is 28.8 Å². The molecule has 1 aliphatic heterocycles. The van der Waals surface area contributed by atoms with Crippen molar-refractivity contribution in [1.29, 1.82) is 0 Å². The lowest BCUT2D eigenvalue weighted by atomic mass is 10.2. The summed E-state index contributed by atoms with van der Waals surface area (Å²) in [7, 11) is 0. The van der Waals surface area contributed by atoms with E-state index in [1.165, 1.54) is 12.1 Å². The van der Waals surface area contributed by atoms with Gasteiger partial charge in [0.15, 0.2) is 0 Å². The van der Waals surface area contributed by atoms with Gasteiger partial charge >= 0.3 is 0 Å². The van der Waals surface area contributed by atoms with Crippen molar-refractivity contribution >= 4 is 21.8 Å². The molecule has 0 saturated carbocycles. The Morgan fingerprint density at radius 3 is 2.48 bits per heavy atom. The fraction of sp³-hybridized carbons (Fsp3) is 0.278. The maximum Gasteiger partial charge on any atom is 0.253 e. The van der Waals surface area contributed by atoms with E-state index in [9.17, 15) is 9.18 Å². The molecule has 1 amide bonds. The zero-order valence-electron chi connectivity index (χ0n) is 12.6. The van der Waals surface area contributed by atoms with Gasteiger partial charge in [0.05, 0.1) is 0 Å². The van der Waals surface area contributed by atoms with E-state index >= 15 is 0 Å². The highest BCUT2D eigenvalue weighted by Crippen LogP contribution is 2.21. The van der Waals surface area contributed by atoms with Crippen LogP contribution in [0.3, 0.4) is 0 Å². The van der Waals surface area contributed by atoms with Crippen LogP contribution in [0.2, 0.25) is 0 Å². The summed E-state index contributed by atoms with van der Waals surface area (Å²) in [5.74, 6) is 0.472. The van der Waals surface area contributed by atoms with E-state index in [1.807, 2.05) is 4.90 Å². The van der Waals surface area contributed by atoms with Crippen LogP contribution in [-0.4, -0.2) is 23.9 Å². The predicted molar refractivity (Wildman–Crippen MR) is 90.0 cm³/mol. The quantitative estimate of drug-likeness (QED) is 0.789. The first-order valence-corrected chi connectivity index (χ1v) is 8.39. The van der Waals surface area contributed by atoms with Crippen molar-refractivity contribution in [2.75, 3.05) is 13.1 Å². The molecule has 2 aromatic carbocycles. The maximum absolute atomic E-state index is 13.1. The average Bonchev–Trinajstić information content (AvgIpc) is 3.08. The number of halogens is 2. The molecule has 23 heavy (non-hydrogen) atoms. The minimum Gasteiger partial charge on any atom is -0.489 e. The largest absolute Gasteiger partial charge is 0.489 e. The van der Waals surface area contributed by atoms with Crippen molar-refractivity contribution in [2.24, 2.45) is 0 Å². The van der Waals surface area contributed by atoms with E-state index in [2.05, 4.69) is 15.9 Å². The van der Waals surface area contributed by atoms with Crippen LogP contribution in [0.15, 0.2) is 46.9 Å². The molecule has 1 fully saturated rings.